The Hall–Kier alpha value is -6.45. The number of ether oxygens (including phenoxy) is 2. The fourth-order valence-corrected chi connectivity index (χ4v) is 5.72. The minimum atomic E-state index is -3.29. The number of aryl methyl sites for hydroxylation is 2. The SMILES string of the molecule is C#CC(C)(C)C.CC#CC(C)(C)C.CC#CCOCCO.CC#C[C@@H](C)O.CC#C[C@H](C)O.CC(C)(C)C#CC(C)(O)C(=O)O.CCC(O)C#CC(C)(C)C.CN(C)CCNC(C)(C)C#CC(C)(C)C.COCC(C)(O)C#CC(C)(C)C.Cc1cccc2c(NS(C)(=O)=O)nn(C)c12. The third kappa shape index (κ3) is 89.5. The summed E-state index contributed by atoms with van der Waals surface area (Å²) in [5.74, 6) is 46.1. The average molecular weight is 1390 g/mol. The largest absolute Gasteiger partial charge is 0.478 e. The van der Waals surface area contributed by atoms with Crippen molar-refractivity contribution >= 4 is 32.7 Å². The maximum Gasteiger partial charge on any atom is 0.348 e. The second-order valence-corrected chi connectivity index (χ2v) is 31.3. The molecule has 0 radical (unpaired) electrons. The van der Waals surface area contributed by atoms with Crippen molar-refractivity contribution in [2.45, 2.75) is 249 Å². The van der Waals surface area contributed by atoms with E-state index in [4.69, 9.17) is 41.4 Å². The molecule has 0 bridgehead atoms. The van der Waals surface area contributed by atoms with E-state index < -0.39 is 45.5 Å². The Morgan fingerprint density at radius 1 is 0.673 bits per heavy atom. The number of hydrogen-bond acceptors (Lipinski definition) is 14. The Kier molecular flexibility index (Phi) is 59.7. The fourth-order valence-electron chi connectivity index (χ4n) is 5.22. The van der Waals surface area contributed by atoms with E-state index >= 15 is 0 Å². The minimum absolute atomic E-state index is 0.0101. The molecule has 0 saturated carbocycles. The molecular weight excluding hydrogens is 1250 g/mol. The Balaban J connectivity index is -0.000000156. The predicted molar refractivity (Wildman–Crippen MR) is 413 cm³/mol. The van der Waals surface area contributed by atoms with Gasteiger partial charge in [-0.2, -0.15) is 5.10 Å². The molecule has 0 fully saturated rings. The number of anilines is 1. The van der Waals surface area contributed by atoms with Crippen molar-refractivity contribution in [3.8, 4) is 107 Å². The van der Waals surface area contributed by atoms with Crippen molar-refractivity contribution in [2.24, 2.45) is 39.5 Å². The minimum Gasteiger partial charge on any atom is -0.478 e. The van der Waals surface area contributed by atoms with Crippen LogP contribution >= 0.6 is 0 Å². The zero-order valence-electron chi connectivity index (χ0n) is 67.4. The van der Waals surface area contributed by atoms with Crippen molar-refractivity contribution in [2.75, 3.05) is 71.7 Å². The molecule has 5 atom stereocenters. The molecule has 0 saturated heterocycles. The molecule has 1 heterocycles. The van der Waals surface area contributed by atoms with Crippen molar-refractivity contribution in [3.63, 3.8) is 0 Å². The van der Waals surface area contributed by atoms with Crippen LogP contribution in [0.25, 0.3) is 10.9 Å². The Morgan fingerprint density at radius 2 is 1.10 bits per heavy atom. The summed E-state index contributed by atoms with van der Waals surface area (Å²) in [5, 5.41) is 69.7. The molecule has 3 unspecified atom stereocenters. The number of carbonyl (C=O) groups is 1. The Bertz CT molecular complexity index is 3190. The van der Waals surface area contributed by atoms with E-state index in [0.717, 1.165) is 42.7 Å². The number of nitrogens with zero attached hydrogens (tertiary/aromatic N) is 3. The topological polar surface area (TPSA) is 256 Å². The van der Waals surface area contributed by atoms with E-state index in [9.17, 15) is 23.4 Å². The van der Waals surface area contributed by atoms with Crippen LogP contribution in [-0.2, 0) is 31.3 Å². The standard InChI is InChI=1S/C13H26N2.C10H13N3O2S.C10H18O2.C9H14O3.C9H16O.C7H12.C6H10O2.C6H10.2C5H8O/c1-12(2,3)8-9-13(4,5)14-10-11-15(6)7;1-7-5-4-6-8-9(7)13(2)11-10(8)12-16(3,14)15;1-9(2,3)6-7-10(4,11)8-12-5;1-8(2,3)5-6-9(4,12)7(10)11;1-5-8(10)6-7-9(2,3)4;1-5-6-7(2,3)4;1-2-3-5-8-6-4-7;1-5-6(2,3)4;2*1-3-4-5(2)6/h14H,10-11H2,1-7H3;4-6H,1-3H3,(H,11,12);11H,8H2,1-5H3;12H,1-4H3,(H,10,11);8,10H,5H2,1-4H3;1-4H3;7H,4-6H2,1H3;1H,2-4H3;2*5-6H,1-2H3/t;;;;;;;;2*5-/m........10/s1. The number of aromatic nitrogens is 2. The smallest absolute Gasteiger partial charge is 0.348 e. The van der Waals surface area contributed by atoms with Gasteiger partial charge in [0.05, 0.1) is 37.1 Å². The van der Waals surface area contributed by atoms with Gasteiger partial charge in [0.15, 0.2) is 5.82 Å². The molecule has 0 spiro atoms. The number of methoxy groups -OCH3 is 1. The van der Waals surface area contributed by atoms with Crippen LogP contribution in [0.3, 0.4) is 0 Å². The van der Waals surface area contributed by atoms with E-state index in [2.05, 4.69) is 190 Å². The van der Waals surface area contributed by atoms with Gasteiger partial charge in [-0.25, -0.2) is 13.2 Å². The fraction of sp³-hybridized carbons (Fsp3) is 0.675. The third-order valence-corrected chi connectivity index (χ3v) is 10.2. The lowest BCUT2D eigenvalue weighted by atomic mass is 9.95. The molecule has 558 valence electrons. The number of sulfonamides is 1. The number of terminal acetylenes is 1. The summed E-state index contributed by atoms with van der Waals surface area (Å²) >= 11 is 0. The number of aliphatic hydroxyl groups is 6. The maximum absolute atomic E-state index is 11.2. The molecule has 17 nitrogen and oxygen atoms in total. The van der Waals surface area contributed by atoms with E-state index in [0.29, 0.717) is 25.5 Å². The maximum atomic E-state index is 11.2. The number of carboxylic acids is 1. The zero-order chi connectivity index (χ0) is 79.4. The number of aliphatic hydroxyl groups excluding tert-OH is 4. The lowest BCUT2D eigenvalue weighted by Gasteiger charge is -2.22. The quantitative estimate of drug-likeness (QED) is 0.0668. The van der Waals surface area contributed by atoms with E-state index in [1.54, 1.807) is 60.4 Å². The average Bonchev–Trinajstić information content (AvgIpc) is 1.64. The summed E-state index contributed by atoms with van der Waals surface area (Å²) in [7, 11) is 4.21. The van der Waals surface area contributed by atoms with Crippen LogP contribution in [0.2, 0.25) is 0 Å². The molecule has 18 heteroatoms. The van der Waals surface area contributed by atoms with Crippen molar-refractivity contribution < 1.29 is 58.4 Å². The second kappa shape index (κ2) is 54.4. The predicted octanol–water partition coefficient (Wildman–Crippen LogP) is 11.9. The van der Waals surface area contributed by atoms with Gasteiger partial charge in [0, 0.05) is 65.1 Å². The van der Waals surface area contributed by atoms with Crippen molar-refractivity contribution in [1.82, 2.24) is 20.0 Å². The summed E-state index contributed by atoms with van der Waals surface area (Å²) in [4.78, 5) is 12.6. The van der Waals surface area contributed by atoms with Gasteiger partial charge < -0.3 is 55.4 Å². The highest BCUT2D eigenvalue weighted by Gasteiger charge is 2.27. The normalized spacial score (nSPS) is 12.6. The zero-order valence-corrected chi connectivity index (χ0v) is 68.2. The highest BCUT2D eigenvalue weighted by atomic mass is 32.2. The van der Waals surface area contributed by atoms with Gasteiger partial charge in [-0.3, -0.25) is 9.40 Å². The number of hydrogen-bond donors (Lipinski definition) is 9. The summed E-state index contributed by atoms with van der Waals surface area (Å²) in [6, 6.07) is 5.70. The first-order valence-corrected chi connectivity index (χ1v) is 34.4. The number of likely N-dealkylation sites (N-methyl/N-ethyl adjacent to an activating group) is 1. The molecule has 0 aliphatic carbocycles. The Labute approximate surface area is 599 Å². The number of aliphatic carboxylic acids is 1. The summed E-state index contributed by atoms with van der Waals surface area (Å²) in [6.45, 7) is 60.7. The summed E-state index contributed by atoms with van der Waals surface area (Å²) in [5.41, 5.74) is -1.07. The highest BCUT2D eigenvalue weighted by molar-refractivity contribution is 7.92. The molecular formula is C80H135N5O12S. The number of para-hydroxylation sites is 1. The van der Waals surface area contributed by atoms with Crippen LogP contribution in [-0.4, -0.2) is 167 Å². The highest BCUT2D eigenvalue weighted by Crippen LogP contribution is 2.25. The number of nitrogens with one attached hydrogen (secondary N) is 2. The van der Waals surface area contributed by atoms with Gasteiger partial charge in [0.2, 0.25) is 15.6 Å². The van der Waals surface area contributed by atoms with Gasteiger partial charge in [-0.1, -0.05) is 90.1 Å². The molecule has 2 aromatic rings. The van der Waals surface area contributed by atoms with Gasteiger partial charge in [-0.05, 0) is 233 Å². The van der Waals surface area contributed by atoms with Crippen LogP contribution in [0.1, 0.15) is 213 Å². The van der Waals surface area contributed by atoms with Crippen LogP contribution in [0.4, 0.5) is 5.82 Å². The summed E-state index contributed by atoms with van der Waals surface area (Å²) in [6.07, 6.45) is 5.51. The van der Waals surface area contributed by atoms with Crippen LogP contribution in [0, 0.1) is 146 Å². The Morgan fingerprint density at radius 3 is 1.41 bits per heavy atom. The van der Waals surface area contributed by atoms with Gasteiger partial charge in [0.25, 0.3) is 0 Å². The lowest BCUT2D eigenvalue weighted by molar-refractivity contribution is -0.151. The van der Waals surface area contributed by atoms with Crippen molar-refractivity contribution in [3.05, 3.63) is 23.8 Å². The first kappa shape index (κ1) is 108. The molecule has 0 amide bonds. The molecule has 1 aromatic heterocycles. The number of rotatable bonds is 13. The van der Waals surface area contributed by atoms with E-state index in [1.165, 1.54) is 0 Å². The first-order valence-electron chi connectivity index (χ1n) is 32.5. The first-order chi connectivity index (χ1) is 44.0. The monoisotopic (exact) mass is 1390 g/mol. The molecule has 0 aliphatic heterocycles. The van der Waals surface area contributed by atoms with Crippen LogP contribution in [0.15, 0.2) is 18.2 Å². The molecule has 98 heavy (non-hydrogen) atoms. The lowest BCUT2D eigenvalue weighted by Crippen LogP contribution is -2.41. The van der Waals surface area contributed by atoms with E-state index in [1.807, 2.05) is 122 Å². The molecule has 0 aliphatic rings. The number of benzene rings is 1. The van der Waals surface area contributed by atoms with E-state index in [-0.39, 0.29) is 51.2 Å². The third-order valence-electron chi connectivity index (χ3n) is 9.68. The molecule has 2 rings (SSSR count). The van der Waals surface area contributed by atoms with Gasteiger partial charge >= 0.3 is 5.97 Å². The number of fused-ring (bicyclic) bond motifs is 1. The summed E-state index contributed by atoms with van der Waals surface area (Å²) < 4.78 is 36.1. The van der Waals surface area contributed by atoms with Gasteiger partial charge in [-0.15, -0.1) is 36.0 Å². The second-order valence-electron chi connectivity index (χ2n) is 29.6. The van der Waals surface area contributed by atoms with Crippen LogP contribution < -0.4 is 10.0 Å². The van der Waals surface area contributed by atoms with Crippen LogP contribution in [0.5, 0.6) is 0 Å². The number of carboxylic acid groups (broad SMARTS) is 1. The molecule has 1 aromatic carbocycles. The molecule has 9 N–H and O–H groups in total. The van der Waals surface area contributed by atoms with Crippen molar-refractivity contribution in [1.29, 1.82) is 0 Å². The van der Waals surface area contributed by atoms with Gasteiger partial charge in [0.1, 0.15) is 30.5 Å².